The highest BCUT2D eigenvalue weighted by atomic mass is 79.9. The highest BCUT2D eigenvalue weighted by molar-refractivity contribution is 9.09. The Kier molecular flexibility index (Phi) is 7.95. The van der Waals surface area contributed by atoms with Gasteiger partial charge in [0, 0.05) is 4.83 Å². The molecule has 1 atom stereocenters. The van der Waals surface area contributed by atoms with Crippen LogP contribution in [0.4, 0.5) is 0 Å². The van der Waals surface area contributed by atoms with Crippen LogP contribution in [0, 0.1) is 6.42 Å². The van der Waals surface area contributed by atoms with Gasteiger partial charge in [0.05, 0.1) is 0 Å². The van der Waals surface area contributed by atoms with E-state index in [4.69, 9.17) is 0 Å². The molecule has 1 unspecified atom stereocenters. The molecular weight excluding hydrogens is 188 g/mol. The minimum atomic E-state index is 0.754. The van der Waals surface area contributed by atoms with Crippen LogP contribution < -0.4 is 0 Å². The molecule has 0 aromatic rings. The van der Waals surface area contributed by atoms with Crippen molar-refractivity contribution < 1.29 is 0 Å². The lowest BCUT2D eigenvalue weighted by molar-refractivity contribution is 0.646. The summed E-state index contributed by atoms with van der Waals surface area (Å²) in [5.74, 6) is 0. The zero-order chi connectivity index (χ0) is 7.82. The summed E-state index contributed by atoms with van der Waals surface area (Å²) >= 11 is 3.62. The Morgan fingerprint density at radius 3 is 2.60 bits per heavy atom. The Hall–Kier alpha value is 0.480. The molecule has 0 aromatic heterocycles. The number of halogens is 1. The van der Waals surface area contributed by atoms with Crippen LogP contribution in [0.5, 0.6) is 0 Å². The fraction of sp³-hybridized carbons (Fsp3) is 0.889. The van der Waals surface area contributed by atoms with E-state index in [0.29, 0.717) is 0 Å². The first-order valence-corrected chi connectivity index (χ1v) is 5.14. The highest BCUT2D eigenvalue weighted by Gasteiger charge is 1.98. The first-order valence-electron chi connectivity index (χ1n) is 4.23. The second-order valence-corrected chi connectivity index (χ2v) is 3.99. The van der Waals surface area contributed by atoms with E-state index in [2.05, 4.69) is 36.2 Å². The summed E-state index contributed by atoms with van der Waals surface area (Å²) in [5.41, 5.74) is 0. The molecule has 0 heterocycles. The fourth-order valence-corrected chi connectivity index (χ4v) is 1.24. The number of unbranched alkanes of at least 4 members (excludes halogenated alkanes) is 3. The summed E-state index contributed by atoms with van der Waals surface area (Å²) in [6.45, 7) is 4.36. The van der Waals surface area contributed by atoms with Gasteiger partial charge in [0.25, 0.3) is 0 Å². The molecule has 61 valence electrons. The van der Waals surface area contributed by atoms with Gasteiger partial charge in [-0.3, -0.25) is 0 Å². The van der Waals surface area contributed by atoms with E-state index in [1.54, 1.807) is 0 Å². The van der Waals surface area contributed by atoms with Crippen LogP contribution in [0.1, 0.15) is 46.0 Å². The molecule has 10 heavy (non-hydrogen) atoms. The molecule has 0 fully saturated rings. The van der Waals surface area contributed by atoms with Crippen molar-refractivity contribution in [3.8, 4) is 0 Å². The maximum absolute atomic E-state index is 3.62. The predicted octanol–water partition coefficient (Wildman–Crippen LogP) is 3.94. The molecule has 1 radical (unpaired) electrons. The van der Waals surface area contributed by atoms with Crippen molar-refractivity contribution in [2.75, 3.05) is 0 Å². The van der Waals surface area contributed by atoms with Crippen molar-refractivity contribution in [3.63, 3.8) is 0 Å². The topological polar surface area (TPSA) is 0 Å². The summed E-state index contributed by atoms with van der Waals surface area (Å²) in [6, 6.07) is 0. The van der Waals surface area contributed by atoms with Crippen molar-refractivity contribution in [1.29, 1.82) is 0 Å². The maximum Gasteiger partial charge on any atom is 0.0143 e. The average Bonchev–Trinajstić information content (AvgIpc) is 1.98. The minimum absolute atomic E-state index is 0.754. The Labute approximate surface area is 73.5 Å². The molecule has 0 nitrogen and oxygen atoms in total. The SMILES string of the molecule is C[CH]CCCCC(Br)CC. The van der Waals surface area contributed by atoms with Crippen molar-refractivity contribution in [1.82, 2.24) is 0 Å². The lowest BCUT2D eigenvalue weighted by atomic mass is 10.1. The van der Waals surface area contributed by atoms with E-state index in [9.17, 15) is 0 Å². The van der Waals surface area contributed by atoms with E-state index >= 15 is 0 Å². The predicted molar refractivity (Wildman–Crippen MR) is 51.4 cm³/mol. The second-order valence-electron chi connectivity index (χ2n) is 2.70. The van der Waals surface area contributed by atoms with E-state index in [0.717, 1.165) is 4.83 Å². The zero-order valence-electron chi connectivity index (χ0n) is 7.07. The van der Waals surface area contributed by atoms with Gasteiger partial charge >= 0.3 is 0 Å². The third-order valence-electron chi connectivity index (χ3n) is 1.70. The summed E-state index contributed by atoms with van der Waals surface area (Å²) in [4.78, 5) is 0.754. The molecule has 0 amide bonds. The van der Waals surface area contributed by atoms with E-state index in [1.165, 1.54) is 32.1 Å². The normalized spacial score (nSPS) is 13.5. The molecule has 0 saturated heterocycles. The van der Waals surface area contributed by atoms with Gasteiger partial charge in [-0.1, -0.05) is 49.0 Å². The first-order chi connectivity index (χ1) is 4.81. The van der Waals surface area contributed by atoms with Crippen molar-refractivity contribution >= 4 is 15.9 Å². The average molecular weight is 206 g/mol. The van der Waals surface area contributed by atoms with Gasteiger partial charge in [0.1, 0.15) is 0 Å². The Morgan fingerprint density at radius 2 is 2.10 bits per heavy atom. The standard InChI is InChI=1S/C9H18Br/c1-3-5-6-7-8-9(10)4-2/h3,9H,4-8H2,1-2H3. The quantitative estimate of drug-likeness (QED) is 0.456. The molecule has 0 aliphatic rings. The lowest BCUT2D eigenvalue weighted by Crippen LogP contribution is -1.93. The maximum atomic E-state index is 3.62. The van der Waals surface area contributed by atoms with Gasteiger partial charge in [-0.25, -0.2) is 0 Å². The summed E-state index contributed by atoms with van der Waals surface area (Å²) in [5, 5.41) is 0. The number of hydrogen-bond acceptors (Lipinski definition) is 0. The lowest BCUT2D eigenvalue weighted by Gasteiger charge is -2.04. The summed E-state index contributed by atoms with van der Waals surface area (Å²) in [6.07, 6.45) is 8.85. The van der Waals surface area contributed by atoms with Gasteiger partial charge in [-0.15, -0.1) is 0 Å². The van der Waals surface area contributed by atoms with Crippen LogP contribution in [0.15, 0.2) is 0 Å². The summed E-state index contributed by atoms with van der Waals surface area (Å²) < 4.78 is 0. The van der Waals surface area contributed by atoms with Crippen LogP contribution in [0.3, 0.4) is 0 Å². The monoisotopic (exact) mass is 205 g/mol. The van der Waals surface area contributed by atoms with Crippen LogP contribution >= 0.6 is 15.9 Å². The molecule has 0 aromatic carbocycles. The largest absolute Gasteiger partial charge is 0.0891 e. The van der Waals surface area contributed by atoms with E-state index in [-0.39, 0.29) is 0 Å². The third kappa shape index (κ3) is 6.60. The van der Waals surface area contributed by atoms with Crippen molar-refractivity contribution in [2.45, 2.75) is 50.8 Å². The van der Waals surface area contributed by atoms with Gasteiger partial charge < -0.3 is 0 Å². The van der Waals surface area contributed by atoms with Crippen LogP contribution in [-0.4, -0.2) is 4.83 Å². The first kappa shape index (κ1) is 10.5. The molecule has 1 heteroatoms. The molecule has 0 spiro atoms. The van der Waals surface area contributed by atoms with Crippen LogP contribution in [0.2, 0.25) is 0 Å². The van der Waals surface area contributed by atoms with Gasteiger partial charge in [0.15, 0.2) is 0 Å². The molecule has 0 bridgehead atoms. The number of alkyl halides is 1. The minimum Gasteiger partial charge on any atom is -0.0891 e. The molecule has 0 saturated carbocycles. The van der Waals surface area contributed by atoms with Crippen LogP contribution in [0.25, 0.3) is 0 Å². The smallest absolute Gasteiger partial charge is 0.0143 e. The third-order valence-corrected chi connectivity index (χ3v) is 2.81. The van der Waals surface area contributed by atoms with Gasteiger partial charge in [-0.2, -0.15) is 0 Å². The molecular formula is C9H18Br. The summed E-state index contributed by atoms with van der Waals surface area (Å²) in [7, 11) is 0. The van der Waals surface area contributed by atoms with Crippen LogP contribution in [-0.2, 0) is 0 Å². The molecule has 0 aliphatic heterocycles. The van der Waals surface area contributed by atoms with Gasteiger partial charge in [0.2, 0.25) is 0 Å². The molecule has 0 rings (SSSR count). The highest BCUT2D eigenvalue weighted by Crippen LogP contribution is 2.13. The van der Waals surface area contributed by atoms with Crippen molar-refractivity contribution in [2.24, 2.45) is 0 Å². The van der Waals surface area contributed by atoms with E-state index in [1.807, 2.05) is 0 Å². The Morgan fingerprint density at radius 1 is 1.40 bits per heavy atom. The number of rotatable bonds is 6. The van der Waals surface area contributed by atoms with Gasteiger partial charge in [-0.05, 0) is 19.3 Å². The Balaban J connectivity index is 2.89. The number of hydrogen-bond donors (Lipinski definition) is 0. The molecule has 0 N–H and O–H groups in total. The zero-order valence-corrected chi connectivity index (χ0v) is 8.65. The Bertz CT molecular complexity index is 61.7. The van der Waals surface area contributed by atoms with E-state index < -0.39 is 0 Å². The second kappa shape index (κ2) is 7.59. The fourth-order valence-electron chi connectivity index (χ4n) is 0.918. The van der Waals surface area contributed by atoms with Crippen molar-refractivity contribution in [3.05, 3.63) is 6.42 Å². The molecule has 0 aliphatic carbocycles.